The molecule has 154 valence electrons. The summed E-state index contributed by atoms with van der Waals surface area (Å²) in [6, 6.07) is 14.7. The van der Waals surface area contributed by atoms with Crippen molar-refractivity contribution in [3.05, 3.63) is 76.7 Å². The Hall–Kier alpha value is -3.10. The topological polar surface area (TPSA) is 87.1 Å². The molecule has 0 radical (unpaired) electrons. The van der Waals surface area contributed by atoms with E-state index < -0.39 is 5.97 Å². The van der Waals surface area contributed by atoms with Crippen molar-refractivity contribution >= 4 is 46.3 Å². The maximum atomic E-state index is 12.4. The number of nitrogens with zero attached hydrogens (tertiary/aromatic N) is 1. The van der Waals surface area contributed by atoms with E-state index in [0.29, 0.717) is 27.1 Å². The summed E-state index contributed by atoms with van der Waals surface area (Å²) in [4.78, 5) is 24.8. The highest BCUT2D eigenvalue weighted by Crippen LogP contribution is 2.31. The molecule has 2 aromatic carbocycles. The standard InChI is InChI=1S/C22H19NO5S2/c24-18-10-9-17(28-14-15-5-2-1-3-6-15)13-16(18)7-4-8-19-21(27)23(22(29)30-19)12-11-20(25)26/h1-10,13,24H,11-12,14H2,(H,25,26). The van der Waals surface area contributed by atoms with Crippen LogP contribution in [0.5, 0.6) is 11.5 Å². The third kappa shape index (κ3) is 5.71. The van der Waals surface area contributed by atoms with Crippen LogP contribution in [0, 0.1) is 0 Å². The molecular weight excluding hydrogens is 422 g/mol. The summed E-state index contributed by atoms with van der Waals surface area (Å²) < 4.78 is 6.10. The zero-order chi connectivity index (χ0) is 21.5. The molecule has 30 heavy (non-hydrogen) atoms. The van der Waals surface area contributed by atoms with Crippen LogP contribution in [0.25, 0.3) is 6.08 Å². The van der Waals surface area contributed by atoms with Crippen LogP contribution in [-0.4, -0.2) is 37.9 Å². The molecule has 1 aliphatic rings. The van der Waals surface area contributed by atoms with E-state index in [1.54, 1.807) is 36.4 Å². The smallest absolute Gasteiger partial charge is 0.305 e. The maximum absolute atomic E-state index is 12.4. The zero-order valence-electron chi connectivity index (χ0n) is 15.9. The summed E-state index contributed by atoms with van der Waals surface area (Å²) in [6.45, 7) is 0.455. The van der Waals surface area contributed by atoms with Gasteiger partial charge in [0.25, 0.3) is 5.91 Å². The summed E-state index contributed by atoms with van der Waals surface area (Å²) in [5.41, 5.74) is 1.57. The summed E-state index contributed by atoms with van der Waals surface area (Å²) in [6.07, 6.45) is 4.73. The number of rotatable bonds is 8. The van der Waals surface area contributed by atoms with Crippen molar-refractivity contribution in [1.29, 1.82) is 0 Å². The van der Waals surface area contributed by atoms with E-state index in [1.807, 2.05) is 30.3 Å². The first kappa shape index (κ1) is 21.6. The second-order valence-corrected chi connectivity index (χ2v) is 8.03. The average molecular weight is 442 g/mol. The minimum Gasteiger partial charge on any atom is -0.507 e. The van der Waals surface area contributed by atoms with Gasteiger partial charge >= 0.3 is 5.97 Å². The SMILES string of the molecule is O=C(O)CCN1C(=O)C(=CC=Cc2cc(OCc3ccccc3)ccc2O)SC1=S. The number of carbonyl (C=O) groups is 2. The van der Waals surface area contributed by atoms with Gasteiger partial charge < -0.3 is 14.9 Å². The predicted molar refractivity (Wildman–Crippen MR) is 120 cm³/mol. The summed E-state index contributed by atoms with van der Waals surface area (Å²) >= 11 is 6.27. The van der Waals surface area contributed by atoms with Gasteiger partial charge in [-0.25, -0.2) is 0 Å². The largest absolute Gasteiger partial charge is 0.507 e. The van der Waals surface area contributed by atoms with Crippen LogP contribution in [0.2, 0.25) is 0 Å². The first-order valence-electron chi connectivity index (χ1n) is 9.07. The molecule has 2 N–H and O–H groups in total. The number of carboxylic acid groups (broad SMARTS) is 1. The van der Waals surface area contributed by atoms with Crippen molar-refractivity contribution in [2.24, 2.45) is 0 Å². The molecule has 6 nitrogen and oxygen atoms in total. The first-order chi connectivity index (χ1) is 14.4. The first-order valence-corrected chi connectivity index (χ1v) is 10.3. The third-order valence-electron chi connectivity index (χ3n) is 4.19. The fourth-order valence-electron chi connectivity index (χ4n) is 2.65. The number of carbonyl (C=O) groups excluding carboxylic acids is 1. The number of benzene rings is 2. The number of phenolic OH excluding ortho intramolecular Hbond substituents is 1. The molecule has 0 aliphatic carbocycles. The maximum Gasteiger partial charge on any atom is 0.305 e. The zero-order valence-corrected chi connectivity index (χ0v) is 17.5. The molecule has 8 heteroatoms. The van der Waals surface area contributed by atoms with E-state index in [1.165, 1.54) is 4.90 Å². The summed E-state index contributed by atoms with van der Waals surface area (Å²) in [5, 5.41) is 18.9. The molecule has 0 aromatic heterocycles. The molecule has 1 fully saturated rings. The van der Waals surface area contributed by atoms with Crippen LogP contribution in [-0.2, 0) is 16.2 Å². The van der Waals surface area contributed by atoms with Gasteiger partial charge in [0.15, 0.2) is 0 Å². The van der Waals surface area contributed by atoms with Gasteiger partial charge in [-0.05, 0) is 29.8 Å². The van der Waals surface area contributed by atoms with Crippen molar-refractivity contribution in [3.8, 4) is 11.5 Å². The highest BCUT2D eigenvalue weighted by atomic mass is 32.2. The van der Waals surface area contributed by atoms with Gasteiger partial charge in [0.2, 0.25) is 0 Å². The quantitative estimate of drug-likeness (QED) is 0.469. The van der Waals surface area contributed by atoms with E-state index in [9.17, 15) is 14.7 Å². The molecule has 0 spiro atoms. The normalized spacial score (nSPS) is 15.3. The van der Waals surface area contributed by atoms with Gasteiger partial charge in [-0.15, -0.1) is 0 Å². The molecule has 0 atom stereocenters. The molecule has 1 amide bonds. The number of thioether (sulfide) groups is 1. The highest BCUT2D eigenvalue weighted by molar-refractivity contribution is 8.26. The second kappa shape index (κ2) is 10.1. The van der Waals surface area contributed by atoms with Crippen molar-refractivity contribution in [2.45, 2.75) is 13.0 Å². The van der Waals surface area contributed by atoms with Crippen molar-refractivity contribution in [3.63, 3.8) is 0 Å². The van der Waals surface area contributed by atoms with Crippen LogP contribution >= 0.6 is 24.0 Å². The van der Waals surface area contributed by atoms with Gasteiger partial charge in [-0.3, -0.25) is 14.5 Å². The molecule has 0 saturated carbocycles. The van der Waals surface area contributed by atoms with E-state index >= 15 is 0 Å². The number of allylic oxidation sites excluding steroid dienone is 2. The number of hydrogen-bond acceptors (Lipinski definition) is 6. The Morgan fingerprint density at radius 2 is 1.97 bits per heavy atom. The van der Waals surface area contributed by atoms with E-state index in [2.05, 4.69) is 0 Å². The summed E-state index contributed by atoms with van der Waals surface area (Å²) in [5.74, 6) is -0.616. The Morgan fingerprint density at radius 3 is 2.70 bits per heavy atom. The van der Waals surface area contributed by atoms with Crippen molar-refractivity contribution in [2.75, 3.05) is 6.54 Å². The third-order valence-corrected chi connectivity index (χ3v) is 5.59. The van der Waals surface area contributed by atoms with Crippen molar-refractivity contribution < 1.29 is 24.5 Å². The Morgan fingerprint density at radius 1 is 1.20 bits per heavy atom. The van der Waals surface area contributed by atoms with E-state index in [-0.39, 0.29) is 24.6 Å². The Bertz CT molecular complexity index is 1020. The van der Waals surface area contributed by atoms with Crippen LogP contribution in [0.3, 0.4) is 0 Å². The number of ether oxygens (including phenoxy) is 1. The van der Waals surface area contributed by atoms with Gasteiger partial charge in [0.1, 0.15) is 22.4 Å². The Labute approximate surface area is 183 Å². The lowest BCUT2D eigenvalue weighted by Gasteiger charge is -2.12. The van der Waals surface area contributed by atoms with Crippen LogP contribution in [0.15, 0.2) is 65.6 Å². The number of hydrogen-bond donors (Lipinski definition) is 2. The Kier molecular flexibility index (Phi) is 7.26. The van der Waals surface area contributed by atoms with Crippen LogP contribution < -0.4 is 4.74 Å². The lowest BCUT2D eigenvalue weighted by atomic mass is 10.1. The van der Waals surface area contributed by atoms with Crippen LogP contribution in [0.4, 0.5) is 0 Å². The molecule has 3 rings (SSSR count). The minimum absolute atomic E-state index is 0.0443. The van der Waals surface area contributed by atoms with Crippen molar-refractivity contribution in [1.82, 2.24) is 4.90 Å². The fraction of sp³-hybridized carbons (Fsp3) is 0.136. The molecular formula is C22H19NO5S2. The molecule has 0 unspecified atom stereocenters. The molecule has 1 heterocycles. The average Bonchev–Trinajstić information content (AvgIpc) is 3.00. The molecule has 0 bridgehead atoms. The lowest BCUT2D eigenvalue weighted by Crippen LogP contribution is -2.30. The lowest BCUT2D eigenvalue weighted by molar-refractivity contribution is -0.137. The number of aliphatic carboxylic acids is 1. The van der Waals surface area contributed by atoms with Crippen LogP contribution in [0.1, 0.15) is 17.5 Å². The highest BCUT2D eigenvalue weighted by Gasteiger charge is 2.31. The number of carboxylic acids is 1. The van der Waals surface area contributed by atoms with Gasteiger partial charge in [0.05, 0.1) is 11.3 Å². The molecule has 1 saturated heterocycles. The van der Waals surface area contributed by atoms with E-state index in [4.69, 9.17) is 22.1 Å². The predicted octanol–water partition coefficient (Wildman–Crippen LogP) is 4.20. The second-order valence-electron chi connectivity index (χ2n) is 6.35. The number of phenols is 1. The van der Waals surface area contributed by atoms with E-state index in [0.717, 1.165) is 17.3 Å². The van der Waals surface area contributed by atoms with Gasteiger partial charge in [-0.1, -0.05) is 66.5 Å². The number of aromatic hydroxyl groups is 1. The number of thiocarbonyl (C=S) groups is 1. The molecule has 1 aliphatic heterocycles. The monoisotopic (exact) mass is 441 g/mol. The molecule has 2 aromatic rings. The van der Waals surface area contributed by atoms with Gasteiger partial charge in [-0.2, -0.15) is 0 Å². The summed E-state index contributed by atoms with van der Waals surface area (Å²) in [7, 11) is 0. The fourth-order valence-corrected chi connectivity index (χ4v) is 3.91. The Balaban J connectivity index is 1.66. The number of amides is 1. The minimum atomic E-state index is -0.988. The van der Waals surface area contributed by atoms with Gasteiger partial charge in [0, 0.05) is 12.1 Å².